The molecule has 1 fully saturated rings. The number of ether oxygens (including phenoxy) is 1. The molecule has 3 N–H and O–H groups in total. The van der Waals surface area contributed by atoms with E-state index in [1.54, 1.807) is 0 Å². The molecule has 1 atom stereocenters. The molecule has 1 aliphatic heterocycles. The van der Waals surface area contributed by atoms with Gasteiger partial charge in [0.05, 0.1) is 12.6 Å². The highest BCUT2D eigenvalue weighted by Crippen LogP contribution is 2.16. The number of guanidine groups is 1. The molecule has 1 saturated heterocycles. The molecule has 0 spiro atoms. The number of carbonyl (C=O) groups excluding carboxylic acids is 1. The Balaban J connectivity index is 2.05. The van der Waals surface area contributed by atoms with Gasteiger partial charge in [-0.2, -0.15) is 0 Å². The third-order valence-corrected chi connectivity index (χ3v) is 4.01. The lowest BCUT2D eigenvalue weighted by Crippen LogP contribution is -2.41. The zero-order valence-electron chi connectivity index (χ0n) is 15.5. The van der Waals surface area contributed by atoms with Crippen molar-refractivity contribution < 1.29 is 9.53 Å². The van der Waals surface area contributed by atoms with Crippen LogP contribution in [0.5, 0.6) is 0 Å². The van der Waals surface area contributed by atoms with E-state index in [1.165, 1.54) is 6.42 Å². The minimum atomic E-state index is -0.540. The van der Waals surface area contributed by atoms with Crippen LogP contribution >= 0.6 is 0 Å². The highest BCUT2D eigenvalue weighted by atomic mass is 16.6. The molecule has 1 aliphatic rings. The van der Waals surface area contributed by atoms with Gasteiger partial charge in [0, 0.05) is 13.1 Å². The minimum absolute atomic E-state index is 0.278. The lowest BCUT2D eigenvalue weighted by molar-refractivity contribution is 0.0505. The number of amides is 1. The van der Waals surface area contributed by atoms with Gasteiger partial charge < -0.3 is 20.7 Å². The first-order valence-electron chi connectivity index (χ1n) is 8.94. The summed E-state index contributed by atoms with van der Waals surface area (Å²) in [6.07, 6.45) is 3.09. The number of likely N-dealkylation sites (tertiary alicyclic amines) is 1. The van der Waals surface area contributed by atoms with Gasteiger partial charge in [-0.15, -0.1) is 0 Å². The second-order valence-electron chi connectivity index (χ2n) is 7.36. The normalized spacial score (nSPS) is 17.1. The fraction of sp³-hybridized carbons (Fsp3) is 0.579. The number of alkyl carbamates (subject to hydrolysis) is 1. The molecule has 0 aliphatic carbocycles. The van der Waals surface area contributed by atoms with Crippen molar-refractivity contribution in [1.29, 1.82) is 0 Å². The number of hydrogen-bond donors (Lipinski definition) is 2. The van der Waals surface area contributed by atoms with Gasteiger partial charge in [0.25, 0.3) is 0 Å². The molecule has 1 amide bonds. The predicted octanol–water partition coefficient (Wildman–Crippen LogP) is 3.05. The summed E-state index contributed by atoms with van der Waals surface area (Å²) >= 11 is 0. The Hall–Kier alpha value is -2.24. The molecule has 0 saturated carbocycles. The number of nitrogens with two attached hydrogens (primary N) is 1. The monoisotopic (exact) mass is 346 g/mol. The summed E-state index contributed by atoms with van der Waals surface area (Å²) in [6, 6.07) is 9.48. The number of nitrogens with zero attached hydrogens (tertiary/aromatic N) is 2. The Bertz CT molecular complexity index is 575. The van der Waals surface area contributed by atoms with Crippen molar-refractivity contribution in [2.45, 2.75) is 51.7 Å². The summed E-state index contributed by atoms with van der Waals surface area (Å²) < 4.78 is 5.37. The summed E-state index contributed by atoms with van der Waals surface area (Å²) in [6.45, 7) is 7.81. The molecule has 0 aromatic heterocycles. The topological polar surface area (TPSA) is 79.9 Å². The molecule has 6 nitrogen and oxygen atoms in total. The fourth-order valence-electron chi connectivity index (χ4n) is 2.78. The third-order valence-electron chi connectivity index (χ3n) is 4.01. The second-order valence-corrected chi connectivity index (χ2v) is 7.36. The summed E-state index contributed by atoms with van der Waals surface area (Å²) in [4.78, 5) is 18.8. The Kier molecular flexibility index (Phi) is 6.67. The first-order valence-corrected chi connectivity index (χ1v) is 8.94. The van der Waals surface area contributed by atoms with Gasteiger partial charge in [0.2, 0.25) is 0 Å². The number of aliphatic imine (C=N–C) groups is 1. The Morgan fingerprint density at radius 3 is 2.48 bits per heavy atom. The van der Waals surface area contributed by atoms with E-state index in [4.69, 9.17) is 10.5 Å². The molecule has 2 rings (SSSR count). The van der Waals surface area contributed by atoms with Gasteiger partial charge in [-0.3, -0.25) is 4.99 Å². The van der Waals surface area contributed by atoms with Crippen molar-refractivity contribution in [2.75, 3.05) is 19.6 Å². The fourth-order valence-corrected chi connectivity index (χ4v) is 2.78. The van der Waals surface area contributed by atoms with Gasteiger partial charge in [-0.05, 0) is 45.6 Å². The maximum Gasteiger partial charge on any atom is 0.408 e. The number of piperidine rings is 1. The first kappa shape index (κ1) is 19.1. The summed E-state index contributed by atoms with van der Waals surface area (Å²) in [5.74, 6) is 0.548. The summed E-state index contributed by atoms with van der Waals surface area (Å²) in [7, 11) is 0. The van der Waals surface area contributed by atoms with Crippen molar-refractivity contribution in [2.24, 2.45) is 10.7 Å². The lowest BCUT2D eigenvalue weighted by atomic mass is 10.1. The predicted molar refractivity (Wildman–Crippen MR) is 100 cm³/mol. The van der Waals surface area contributed by atoms with Gasteiger partial charge in [-0.1, -0.05) is 30.3 Å². The molecule has 138 valence electrons. The smallest absolute Gasteiger partial charge is 0.408 e. The van der Waals surface area contributed by atoms with Crippen LogP contribution in [0.4, 0.5) is 4.79 Å². The first-order chi connectivity index (χ1) is 11.8. The summed E-state index contributed by atoms with van der Waals surface area (Å²) in [5, 5.41) is 2.91. The van der Waals surface area contributed by atoms with Gasteiger partial charge >= 0.3 is 6.09 Å². The van der Waals surface area contributed by atoms with E-state index in [1.807, 2.05) is 51.1 Å². The minimum Gasteiger partial charge on any atom is -0.444 e. The second kappa shape index (κ2) is 8.74. The van der Waals surface area contributed by atoms with Crippen molar-refractivity contribution in [3.05, 3.63) is 35.9 Å². The van der Waals surface area contributed by atoms with Crippen LogP contribution in [0.2, 0.25) is 0 Å². The van der Waals surface area contributed by atoms with E-state index < -0.39 is 11.7 Å². The molecule has 1 aromatic rings. The highest BCUT2D eigenvalue weighted by molar-refractivity contribution is 5.78. The molecule has 0 radical (unpaired) electrons. The number of hydrogen-bond acceptors (Lipinski definition) is 3. The van der Waals surface area contributed by atoms with Crippen LogP contribution in [0.15, 0.2) is 35.3 Å². The lowest BCUT2D eigenvalue weighted by Gasteiger charge is -2.28. The van der Waals surface area contributed by atoms with E-state index >= 15 is 0 Å². The van der Waals surface area contributed by atoms with Crippen LogP contribution < -0.4 is 11.1 Å². The van der Waals surface area contributed by atoms with E-state index in [0.29, 0.717) is 12.5 Å². The number of rotatable bonds is 4. The van der Waals surface area contributed by atoms with E-state index in [0.717, 1.165) is 31.5 Å². The van der Waals surface area contributed by atoms with Crippen LogP contribution in [-0.2, 0) is 4.74 Å². The zero-order chi connectivity index (χ0) is 18.3. The van der Waals surface area contributed by atoms with Crippen molar-refractivity contribution >= 4 is 12.1 Å². The van der Waals surface area contributed by atoms with Crippen LogP contribution in [0, 0.1) is 0 Å². The quantitative estimate of drug-likeness (QED) is 0.649. The van der Waals surface area contributed by atoms with Crippen LogP contribution in [0.3, 0.4) is 0 Å². The SMILES string of the molecule is CC(C)(C)OC(=O)NC(CN=C(N)N1CCCCC1)c1ccccc1. The van der Waals surface area contributed by atoms with E-state index in [-0.39, 0.29) is 6.04 Å². The van der Waals surface area contributed by atoms with Crippen LogP contribution in [0.1, 0.15) is 51.6 Å². The number of carbonyl (C=O) groups is 1. The van der Waals surface area contributed by atoms with Crippen molar-refractivity contribution in [3.8, 4) is 0 Å². The molecule has 6 heteroatoms. The van der Waals surface area contributed by atoms with Crippen molar-refractivity contribution in [1.82, 2.24) is 10.2 Å². The van der Waals surface area contributed by atoms with Crippen LogP contribution in [-0.4, -0.2) is 42.2 Å². The molecular formula is C19H30N4O2. The van der Waals surface area contributed by atoms with Gasteiger partial charge in [0.1, 0.15) is 5.60 Å². The molecule has 25 heavy (non-hydrogen) atoms. The molecule has 0 bridgehead atoms. The molecular weight excluding hydrogens is 316 g/mol. The Labute approximate surface area is 150 Å². The third kappa shape index (κ3) is 6.64. The van der Waals surface area contributed by atoms with Gasteiger partial charge in [-0.25, -0.2) is 4.79 Å². The number of benzene rings is 1. The van der Waals surface area contributed by atoms with Crippen LogP contribution in [0.25, 0.3) is 0 Å². The van der Waals surface area contributed by atoms with Gasteiger partial charge in [0.15, 0.2) is 5.96 Å². The van der Waals surface area contributed by atoms with E-state index in [2.05, 4.69) is 15.2 Å². The molecule has 1 unspecified atom stereocenters. The Morgan fingerprint density at radius 2 is 1.88 bits per heavy atom. The summed E-state index contributed by atoms with van der Waals surface area (Å²) in [5.41, 5.74) is 6.57. The van der Waals surface area contributed by atoms with Crippen molar-refractivity contribution in [3.63, 3.8) is 0 Å². The maximum absolute atomic E-state index is 12.2. The average Bonchev–Trinajstić information content (AvgIpc) is 2.58. The standard InChI is InChI=1S/C19H30N4O2/c1-19(2,3)25-18(24)22-16(15-10-6-4-7-11-15)14-21-17(20)23-12-8-5-9-13-23/h4,6-7,10-11,16H,5,8-9,12-14H2,1-3H3,(H2,20,21)(H,22,24). The zero-order valence-corrected chi connectivity index (χ0v) is 15.5. The average molecular weight is 346 g/mol. The maximum atomic E-state index is 12.2. The Morgan fingerprint density at radius 1 is 1.24 bits per heavy atom. The largest absolute Gasteiger partial charge is 0.444 e. The highest BCUT2D eigenvalue weighted by Gasteiger charge is 2.21. The van der Waals surface area contributed by atoms with E-state index in [9.17, 15) is 4.79 Å². The molecule has 1 heterocycles. The number of nitrogens with one attached hydrogen (secondary N) is 1. The molecule has 1 aromatic carbocycles.